The summed E-state index contributed by atoms with van der Waals surface area (Å²) in [6, 6.07) is 0.674. The van der Waals surface area contributed by atoms with Crippen LogP contribution in [0, 0.1) is 11.8 Å². The van der Waals surface area contributed by atoms with E-state index in [1.54, 1.807) is 0 Å². The molecule has 4 nitrogen and oxygen atoms in total. The molecule has 1 saturated heterocycles. The molecule has 0 aromatic heterocycles. The Balaban J connectivity index is 1.69. The van der Waals surface area contributed by atoms with Crippen LogP contribution in [-0.2, 0) is 4.74 Å². The Labute approximate surface area is 116 Å². The zero-order valence-electron chi connectivity index (χ0n) is 12.5. The number of hydrogen-bond acceptors (Lipinski definition) is 3. The lowest BCUT2D eigenvalue weighted by atomic mass is 9.75. The number of alkyl carbamates (subject to hydrolysis) is 1. The molecule has 2 unspecified atom stereocenters. The zero-order chi connectivity index (χ0) is 13.9. The van der Waals surface area contributed by atoms with E-state index in [1.165, 1.54) is 25.7 Å². The Morgan fingerprint density at radius 2 is 2.05 bits per heavy atom. The van der Waals surface area contributed by atoms with Crippen molar-refractivity contribution in [2.24, 2.45) is 11.8 Å². The number of rotatable bonds is 3. The molecule has 1 amide bonds. The summed E-state index contributed by atoms with van der Waals surface area (Å²) in [5, 5.41) is 6.55. The van der Waals surface area contributed by atoms with Crippen LogP contribution in [0.15, 0.2) is 0 Å². The van der Waals surface area contributed by atoms with Gasteiger partial charge in [-0.25, -0.2) is 4.79 Å². The first-order valence-corrected chi connectivity index (χ1v) is 7.64. The van der Waals surface area contributed by atoms with Gasteiger partial charge in [0.1, 0.15) is 5.60 Å². The van der Waals surface area contributed by atoms with Crippen LogP contribution >= 0.6 is 0 Å². The summed E-state index contributed by atoms with van der Waals surface area (Å²) in [4.78, 5) is 11.6. The first-order chi connectivity index (χ1) is 8.94. The van der Waals surface area contributed by atoms with Gasteiger partial charge in [0.05, 0.1) is 0 Å². The normalized spacial score (nSPS) is 28.6. The summed E-state index contributed by atoms with van der Waals surface area (Å²) in [5.41, 5.74) is -0.410. The lowest BCUT2D eigenvalue weighted by Crippen LogP contribution is -2.47. The predicted molar refractivity (Wildman–Crippen MR) is 76.1 cm³/mol. The predicted octanol–water partition coefficient (Wildman–Crippen LogP) is 2.68. The van der Waals surface area contributed by atoms with Crippen molar-refractivity contribution in [3.63, 3.8) is 0 Å². The molecule has 2 fully saturated rings. The molecule has 110 valence electrons. The highest BCUT2D eigenvalue weighted by atomic mass is 16.6. The highest BCUT2D eigenvalue weighted by Crippen LogP contribution is 2.34. The molecule has 2 atom stereocenters. The van der Waals surface area contributed by atoms with E-state index in [4.69, 9.17) is 4.74 Å². The largest absolute Gasteiger partial charge is 0.444 e. The standard InChI is InChI=1S/C15H28N2O2/c1-15(2,3)19-14(18)17-10-11-7-8-16-13(9-11)12-5-4-6-12/h11-13,16H,4-10H2,1-3H3,(H,17,18). The van der Waals surface area contributed by atoms with Crippen LogP contribution in [0.25, 0.3) is 0 Å². The molecule has 0 radical (unpaired) electrons. The highest BCUT2D eigenvalue weighted by Gasteiger charge is 2.31. The van der Waals surface area contributed by atoms with E-state index in [0.29, 0.717) is 12.0 Å². The first-order valence-electron chi connectivity index (χ1n) is 7.64. The fourth-order valence-electron chi connectivity index (χ4n) is 2.96. The maximum atomic E-state index is 11.6. The minimum absolute atomic E-state index is 0.286. The lowest BCUT2D eigenvalue weighted by Gasteiger charge is -2.39. The van der Waals surface area contributed by atoms with Crippen LogP contribution in [-0.4, -0.2) is 30.8 Å². The average Bonchev–Trinajstić information content (AvgIpc) is 2.22. The van der Waals surface area contributed by atoms with Gasteiger partial charge in [-0.15, -0.1) is 0 Å². The van der Waals surface area contributed by atoms with Crippen molar-refractivity contribution in [3.8, 4) is 0 Å². The Morgan fingerprint density at radius 3 is 2.63 bits per heavy atom. The monoisotopic (exact) mass is 268 g/mol. The average molecular weight is 268 g/mol. The Hall–Kier alpha value is -0.770. The number of carbonyl (C=O) groups excluding carboxylic acids is 1. The lowest BCUT2D eigenvalue weighted by molar-refractivity contribution is 0.0510. The van der Waals surface area contributed by atoms with Crippen molar-refractivity contribution >= 4 is 6.09 Å². The molecule has 1 aliphatic carbocycles. The SMILES string of the molecule is CC(C)(C)OC(=O)NCC1CCNC(C2CCC2)C1. The molecule has 4 heteroatoms. The van der Waals surface area contributed by atoms with Gasteiger partial charge in [0, 0.05) is 12.6 Å². The molecule has 0 aromatic rings. The highest BCUT2D eigenvalue weighted by molar-refractivity contribution is 5.67. The quantitative estimate of drug-likeness (QED) is 0.827. The third kappa shape index (κ3) is 4.68. The van der Waals surface area contributed by atoms with Gasteiger partial charge in [-0.2, -0.15) is 0 Å². The molecule has 19 heavy (non-hydrogen) atoms. The fraction of sp³-hybridized carbons (Fsp3) is 0.933. The van der Waals surface area contributed by atoms with Gasteiger partial charge in [0.2, 0.25) is 0 Å². The minimum atomic E-state index is -0.410. The number of ether oxygens (including phenoxy) is 1. The second-order valence-electron chi connectivity index (χ2n) is 7.02. The van der Waals surface area contributed by atoms with Crippen LogP contribution in [0.5, 0.6) is 0 Å². The number of amides is 1. The Bertz CT molecular complexity index is 308. The maximum Gasteiger partial charge on any atom is 0.407 e. The van der Waals surface area contributed by atoms with E-state index in [2.05, 4.69) is 10.6 Å². The Kier molecular flexibility index (Phi) is 4.71. The molecule has 2 rings (SSSR count). The number of carbonyl (C=O) groups is 1. The van der Waals surface area contributed by atoms with Crippen molar-refractivity contribution in [3.05, 3.63) is 0 Å². The van der Waals surface area contributed by atoms with Crippen LogP contribution in [0.3, 0.4) is 0 Å². The van der Waals surface area contributed by atoms with Crippen LogP contribution < -0.4 is 10.6 Å². The van der Waals surface area contributed by atoms with E-state index in [1.807, 2.05) is 20.8 Å². The number of piperidine rings is 1. The van der Waals surface area contributed by atoms with Crippen LogP contribution in [0.1, 0.15) is 52.9 Å². The first kappa shape index (κ1) is 14.6. The van der Waals surface area contributed by atoms with Crippen LogP contribution in [0.2, 0.25) is 0 Å². The molecular formula is C15H28N2O2. The van der Waals surface area contributed by atoms with Gasteiger partial charge in [-0.1, -0.05) is 6.42 Å². The van der Waals surface area contributed by atoms with Crippen LogP contribution in [0.4, 0.5) is 4.79 Å². The summed E-state index contributed by atoms with van der Waals surface area (Å²) in [6.07, 6.45) is 6.21. The topological polar surface area (TPSA) is 50.4 Å². The number of hydrogen-bond donors (Lipinski definition) is 2. The third-order valence-corrected chi connectivity index (χ3v) is 4.20. The maximum absolute atomic E-state index is 11.6. The van der Waals surface area contributed by atoms with Crippen molar-refractivity contribution in [2.75, 3.05) is 13.1 Å². The molecule has 1 saturated carbocycles. The third-order valence-electron chi connectivity index (χ3n) is 4.20. The van der Waals surface area contributed by atoms with Gasteiger partial charge in [-0.05, 0) is 64.8 Å². The summed E-state index contributed by atoms with van der Waals surface area (Å²) in [6.45, 7) is 7.51. The van der Waals surface area contributed by atoms with E-state index >= 15 is 0 Å². The van der Waals surface area contributed by atoms with Gasteiger partial charge >= 0.3 is 6.09 Å². The van der Waals surface area contributed by atoms with Gasteiger partial charge in [-0.3, -0.25) is 0 Å². The Morgan fingerprint density at radius 1 is 1.32 bits per heavy atom. The van der Waals surface area contributed by atoms with Crippen molar-refractivity contribution < 1.29 is 9.53 Å². The van der Waals surface area contributed by atoms with E-state index in [0.717, 1.165) is 25.4 Å². The summed E-state index contributed by atoms with van der Waals surface area (Å²) >= 11 is 0. The molecule has 1 aliphatic heterocycles. The molecule has 1 heterocycles. The van der Waals surface area contributed by atoms with Gasteiger partial charge in [0.15, 0.2) is 0 Å². The number of nitrogens with one attached hydrogen (secondary N) is 2. The summed E-state index contributed by atoms with van der Waals surface area (Å²) in [5.74, 6) is 1.48. The second kappa shape index (κ2) is 6.12. The molecule has 2 N–H and O–H groups in total. The van der Waals surface area contributed by atoms with Crippen molar-refractivity contribution in [1.82, 2.24) is 10.6 Å². The fourth-order valence-corrected chi connectivity index (χ4v) is 2.96. The van der Waals surface area contributed by atoms with E-state index < -0.39 is 5.60 Å². The molecule has 2 aliphatic rings. The molecule has 0 bridgehead atoms. The van der Waals surface area contributed by atoms with Crippen molar-refractivity contribution in [2.45, 2.75) is 64.5 Å². The van der Waals surface area contributed by atoms with E-state index in [-0.39, 0.29) is 6.09 Å². The van der Waals surface area contributed by atoms with Crippen molar-refractivity contribution in [1.29, 1.82) is 0 Å². The van der Waals surface area contributed by atoms with Gasteiger partial charge < -0.3 is 15.4 Å². The molecular weight excluding hydrogens is 240 g/mol. The summed E-state index contributed by atoms with van der Waals surface area (Å²) < 4.78 is 5.27. The summed E-state index contributed by atoms with van der Waals surface area (Å²) in [7, 11) is 0. The zero-order valence-corrected chi connectivity index (χ0v) is 12.5. The smallest absolute Gasteiger partial charge is 0.407 e. The molecule has 0 spiro atoms. The molecule has 0 aromatic carbocycles. The van der Waals surface area contributed by atoms with Gasteiger partial charge in [0.25, 0.3) is 0 Å². The van der Waals surface area contributed by atoms with E-state index in [9.17, 15) is 4.79 Å². The minimum Gasteiger partial charge on any atom is -0.444 e. The second-order valence-corrected chi connectivity index (χ2v) is 7.02.